The van der Waals surface area contributed by atoms with Gasteiger partial charge in [0.05, 0.1) is 5.69 Å². The molecule has 0 aliphatic rings. The summed E-state index contributed by atoms with van der Waals surface area (Å²) in [7, 11) is 0. The minimum atomic E-state index is 0.0842. The lowest BCUT2D eigenvalue weighted by Crippen LogP contribution is -2.25. The van der Waals surface area contributed by atoms with Gasteiger partial charge in [0, 0.05) is 18.2 Å². The fourth-order valence-electron chi connectivity index (χ4n) is 3.44. The first-order valence-corrected chi connectivity index (χ1v) is 9.04. The van der Waals surface area contributed by atoms with Gasteiger partial charge in [-0.25, -0.2) is 0 Å². The second-order valence-corrected chi connectivity index (χ2v) is 8.90. The van der Waals surface area contributed by atoms with Crippen LogP contribution in [0.1, 0.15) is 92.7 Å². The summed E-state index contributed by atoms with van der Waals surface area (Å²) in [4.78, 5) is 0. The summed E-state index contributed by atoms with van der Waals surface area (Å²) in [5.74, 6) is 0.678. The van der Waals surface area contributed by atoms with Crippen molar-refractivity contribution in [3.63, 3.8) is 0 Å². The van der Waals surface area contributed by atoms with Crippen molar-refractivity contribution >= 4 is 0 Å². The van der Waals surface area contributed by atoms with Crippen molar-refractivity contribution in [2.75, 3.05) is 0 Å². The molecule has 3 nitrogen and oxygen atoms in total. The lowest BCUT2D eigenvalue weighted by atomic mass is 9.74. The number of nitrogens with zero attached hydrogens (tertiary/aromatic N) is 3. The zero-order valence-electron chi connectivity index (χ0n) is 15.9. The molecule has 3 heteroatoms. The number of rotatable bonds is 9. The molecular weight excluding hydrogens is 270 g/mol. The Morgan fingerprint density at radius 3 is 2.36 bits per heavy atom. The zero-order chi connectivity index (χ0) is 16.8. The van der Waals surface area contributed by atoms with E-state index in [4.69, 9.17) is 0 Å². The van der Waals surface area contributed by atoms with E-state index in [1.54, 1.807) is 0 Å². The highest BCUT2D eigenvalue weighted by atomic mass is 15.4. The summed E-state index contributed by atoms with van der Waals surface area (Å²) in [5, 5.41) is 8.81. The molecule has 0 aliphatic heterocycles. The molecule has 0 aliphatic carbocycles. The topological polar surface area (TPSA) is 30.7 Å². The molecule has 1 heterocycles. The molecular formula is C19H37N3. The van der Waals surface area contributed by atoms with E-state index in [1.807, 2.05) is 4.68 Å². The van der Waals surface area contributed by atoms with Crippen LogP contribution in [0.5, 0.6) is 0 Å². The molecule has 0 bridgehead atoms. The molecule has 0 saturated carbocycles. The first-order valence-electron chi connectivity index (χ1n) is 9.04. The van der Waals surface area contributed by atoms with E-state index in [1.165, 1.54) is 32.1 Å². The van der Waals surface area contributed by atoms with Crippen LogP contribution in [0.25, 0.3) is 0 Å². The van der Waals surface area contributed by atoms with E-state index in [9.17, 15) is 0 Å². The van der Waals surface area contributed by atoms with Gasteiger partial charge in [-0.2, -0.15) is 0 Å². The van der Waals surface area contributed by atoms with Crippen LogP contribution < -0.4 is 0 Å². The van der Waals surface area contributed by atoms with E-state index in [0.29, 0.717) is 11.3 Å². The van der Waals surface area contributed by atoms with Gasteiger partial charge in [-0.05, 0) is 24.2 Å². The molecule has 1 aromatic rings. The van der Waals surface area contributed by atoms with Gasteiger partial charge in [0.2, 0.25) is 0 Å². The SMILES string of the molecule is CCCCCCC(C)Cn1cc(C(C)(C)CC(C)(C)C)nn1. The first-order chi connectivity index (χ1) is 10.1. The van der Waals surface area contributed by atoms with Crippen LogP contribution in [-0.2, 0) is 12.0 Å². The van der Waals surface area contributed by atoms with Gasteiger partial charge in [0.1, 0.15) is 0 Å². The van der Waals surface area contributed by atoms with Crippen molar-refractivity contribution in [3.05, 3.63) is 11.9 Å². The molecule has 1 unspecified atom stereocenters. The van der Waals surface area contributed by atoms with Gasteiger partial charge in [-0.1, -0.05) is 79.4 Å². The molecule has 0 saturated heterocycles. The van der Waals surface area contributed by atoms with Crippen LogP contribution >= 0.6 is 0 Å². The Bertz CT molecular complexity index is 426. The van der Waals surface area contributed by atoms with E-state index in [0.717, 1.165) is 18.7 Å². The largest absolute Gasteiger partial charge is 0.252 e. The molecule has 0 amide bonds. The van der Waals surface area contributed by atoms with Gasteiger partial charge in [0.15, 0.2) is 0 Å². The lowest BCUT2D eigenvalue weighted by molar-refractivity contribution is 0.279. The lowest BCUT2D eigenvalue weighted by Gasteiger charge is -2.30. The van der Waals surface area contributed by atoms with Crippen molar-refractivity contribution in [3.8, 4) is 0 Å². The van der Waals surface area contributed by atoms with Gasteiger partial charge in [-0.3, -0.25) is 4.68 Å². The Balaban J connectivity index is 2.53. The molecule has 0 radical (unpaired) electrons. The monoisotopic (exact) mass is 307 g/mol. The summed E-state index contributed by atoms with van der Waals surface area (Å²) in [6.45, 7) is 17.0. The van der Waals surface area contributed by atoms with E-state index in [2.05, 4.69) is 65.0 Å². The van der Waals surface area contributed by atoms with Crippen molar-refractivity contribution in [1.82, 2.24) is 15.0 Å². The minimum Gasteiger partial charge on any atom is -0.252 e. The molecule has 128 valence electrons. The Hall–Kier alpha value is -0.860. The van der Waals surface area contributed by atoms with E-state index < -0.39 is 0 Å². The fourth-order valence-corrected chi connectivity index (χ4v) is 3.44. The predicted octanol–water partition coefficient (Wildman–Crippen LogP) is 5.60. The quantitative estimate of drug-likeness (QED) is 0.556. The average Bonchev–Trinajstić information content (AvgIpc) is 2.81. The molecule has 1 aromatic heterocycles. The highest BCUT2D eigenvalue weighted by molar-refractivity contribution is 5.09. The maximum Gasteiger partial charge on any atom is 0.0883 e. The first kappa shape index (κ1) is 19.2. The van der Waals surface area contributed by atoms with Crippen molar-refractivity contribution in [1.29, 1.82) is 0 Å². The minimum absolute atomic E-state index is 0.0842. The molecule has 0 fully saturated rings. The van der Waals surface area contributed by atoms with Crippen molar-refractivity contribution in [2.45, 2.75) is 99.0 Å². The van der Waals surface area contributed by atoms with Crippen LogP contribution in [0.2, 0.25) is 0 Å². The van der Waals surface area contributed by atoms with Crippen LogP contribution in [0.4, 0.5) is 0 Å². The standard InChI is InChI=1S/C19H37N3/c1-8-9-10-11-12-16(2)13-22-14-17(20-21-22)19(6,7)15-18(3,4)5/h14,16H,8-13,15H2,1-7H3. The predicted molar refractivity (Wildman–Crippen MR) is 95.0 cm³/mol. The third-order valence-corrected chi connectivity index (χ3v) is 4.25. The number of hydrogen-bond acceptors (Lipinski definition) is 2. The smallest absolute Gasteiger partial charge is 0.0883 e. The summed E-state index contributed by atoms with van der Waals surface area (Å²) < 4.78 is 2.05. The van der Waals surface area contributed by atoms with Gasteiger partial charge in [-0.15, -0.1) is 5.10 Å². The summed E-state index contributed by atoms with van der Waals surface area (Å²) in [6, 6.07) is 0. The Morgan fingerprint density at radius 1 is 1.09 bits per heavy atom. The van der Waals surface area contributed by atoms with Crippen LogP contribution in [0.3, 0.4) is 0 Å². The molecule has 0 N–H and O–H groups in total. The average molecular weight is 308 g/mol. The molecule has 0 spiro atoms. The van der Waals surface area contributed by atoms with Crippen LogP contribution in [-0.4, -0.2) is 15.0 Å². The Morgan fingerprint density at radius 2 is 1.77 bits per heavy atom. The molecule has 1 atom stereocenters. The molecule has 0 aromatic carbocycles. The fraction of sp³-hybridized carbons (Fsp3) is 0.895. The van der Waals surface area contributed by atoms with E-state index >= 15 is 0 Å². The highest BCUT2D eigenvalue weighted by Gasteiger charge is 2.29. The molecule has 22 heavy (non-hydrogen) atoms. The molecule has 1 rings (SSSR count). The van der Waals surface area contributed by atoms with Crippen LogP contribution in [0.15, 0.2) is 6.20 Å². The maximum atomic E-state index is 4.45. The number of aromatic nitrogens is 3. The zero-order valence-corrected chi connectivity index (χ0v) is 15.9. The third kappa shape index (κ3) is 6.93. The Labute approximate surface area is 137 Å². The van der Waals surface area contributed by atoms with Gasteiger partial charge in [0.25, 0.3) is 0 Å². The van der Waals surface area contributed by atoms with E-state index in [-0.39, 0.29) is 5.41 Å². The van der Waals surface area contributed by atoms with Gasteiger partial charge >= 0.3 is 0 Å². The Kier molecular flexibility index (Phi) is 7.08. The number of unbranched alkanes of at least 4 members (excludes halogenated alkanes) is 3. The second-order valence-electron chi connectivity index (χ2n) is 8.90. The summed E-state index contributed by atoms with van der Waals surface area (Å²) >= 11 is 0. The number of hydrogen-bond donors (Lipinski definition) is 0. The van der Waals surface area contributed by atoms with Crippen molar-refractivity contribution in [2.24, 2.45) is 11.3 Å². The second kappa shape index (κ2) is 8.12. The third-order valence-electron chi connectivity index (χ3n) is 4.25. The highest BCUT2D eigenvalue weighted by Crippen LogP contribution is 2.35. The summed E-state index contributed by atoms with van der Waals surface area (Å²) in [5.41, 5.74) is 1.52. The van der Waals surface area contributed by atoms with Gasteiger partial charge < -0.3 is 0 Å². The van der Waals surface area contributed by atoms with Crippen molar-refractivity contribution < 1.29 is 0 Å². The normalized spacial score (nSPS) is 14.3. The summed E-state index contributed by atoms with van der Waals surface area (Å²) in [6.07, 6.45) is 9.94. The van der Waals surface area contributed by atoms with Crippen LogP contribution in [0, 0.1) is 11.3 Å². The maximum absolute atomic E-state index is 4.45.